The lowest BCUT2D eigenvalue weighted by Gasteiger charge is -2.22. The average Bonchev–Trinajstić information content (AvgIpc) is 2.41. The third-order valence-corrected chi connectivity index (χ3v) is 3.66. The first-order valence-electron chi connectivity index (χ1n) is 9.08. The predicted molar refractivity (Wildman–Crippen MR) is 90.1 cm³/mol. The van der Waals surface area contributed by atoms with Gasteiger partial charge >= 0.3 is 0 Å². The van der Waals surface area contributed by atoms with Gasteiger partial charge in [0.05, 0.1) is 0 Å². The molecule has 0 amide bonds. The van der Waals surface area contributed by atoms with Crippen LogP contribution in [0.25, 0.3) is 0 Å². The van der Waals surface area contributed by atoms with E-state index in [9.17, 15) is 0 Å². The van der Waals surface area contributed by atoms with Crippen molar-refractivity contribution >= 4 is 0 Å². The quantitative estimate of drug-likeness (QED) is 0.310. The fourth-order valence-corrected chi connectivity index (χ4v) is 2.45. The molecule has 2 heteroatoms. The van der Waals surface area contributed by atoms with Crippen molar-refractivity contribution in [2.45, 2.75) is 111 Å². The Kier molecular flexibility index (Phi) is 15.3. The van der Waals surface area contributed by atoms with E-state index < -0.39 is 0 Å². The van der Waals surface area contributed by atoms with Crippen LogP contribution in [0.3, 0.4) is 0 Å². The van der Waals surface area contributed by atoms with Gasteiger partial charge in [-0.25, -0.2) is 0 Å². The molecule has 0 aliphatic heterocycles. The molecule has 0 aliphatic rings. The summed E-state index contributed by atoms with van der Waals surface area (Å²) in [6.45, 7) is 9.83. The lowest BCUT2D eigenvalue weighted by atomic mass is 10.1. The summed E-state index contributed by atoms with van der Waals surface area (Å²) in [7, 11) is 0. The maximum atomic E-state index is 5.99. The van der Waals surface area contributed by atoms with Crippen molar-refractivity contribution in [3.05, 3.63) is 0 Å². The number of rotatable bonds is 15. The van der Waals surface area contributed by atoms with E-state index in [2.05, 4.69) is 33.0 Å². The Morgan fingerprint density at radius 2 is 1.30 bits per heavy atom. The van der Waals surface area contributed by atoms with E-state index in [4.69, 9.17) is 4.74 Å². The van der Waals surface area contributed by atoms with E-state index in [-0.39, 0.29) is 6.23 Å². The highest BCUT2D eigenvalue weighted by molar-refractivity contribution is 4.61. The summed E-state index contributed by atoms with van der Waals surface area (Å²) >= 11 is 0. The summed E-state index contributed by atoms with van der Waals surface area (Å²) in [6, 6.07) is 0.510. The fraction of sp³-hybridized carbons (Fsp3) is 1.00. The first-order chi connectivity index (χ1) is 9.70. The topological polar surface area (TPSA) is 21.3 Å². The monoisotopic (exact) mass is 285 g/mol. The van der Waals surface area contributed by atoms with Crippen molar-refractivity contribution in [2.24, 2.45) is 0 Å². The van der Waals surface area contributed by atoms with Gasteiger partial charge in [-0.15, -0.1) is 0 Å². The first kappa shape index (κ1) is 19.9. The zero-order chi connectivity index (χ0) is 15.1. The summed E-state index contributed by atoms with van der Waals surface area (Å²) < 4.78 is 5.99. The second-order valence-corrected chi connectivity index (χ2v) is 6.30. The Morgan fingerprint density at radius 3 is 1.90 bits per heavy atom. The molecule has 0 aromatic heterocycles. The van der Waals surface area contributed by atoms with Crippen molar-refractivity contribution in [3.63, 3.8) is 0 Å². The minimum atomic E-state index is 0.266. The van der Waals surface area contributed by atoms with Gasteiger partial charge in [0.15, 0.2) is 0 Å². The van der Waals surface area contributed by atoms with Gasteiger partial charge in [-0.2, -0.15) is 0 Å². The Balaban J connectivity index is 3.59. The number of hydrogen-bond donors (Lipinski definition) is 1. The molecular weight excluding hydrogens is 246 g/mol. The number of unbranched alkanes of at least 4 members (excludes halogenated alkanes) is 8. The molecule has 0 spiro atoms. The van der Waals surface area contributed by atoms with Crippen LogP contribution in [-0.4, -0.2) is 18.9 Å². The van der Waals surface area contributed by atoms with E-state index in [1.165, 1.54) is 64.2 Å². The third kappa shape index (κ3) is 14.3. The predicted octanol–water partition coefficient (Wildman–Crippen LogP) is 5.66. The van der Waals surface area contributed by atoms with Crippen LogP contribution in [0.2, 0.25) is 0 Å². The van der Waals surface area contributed by atoms with Crippen LogP contribution < -0.4 is 5.32 Å². The van der Waals surface area contributed by atoms with Crippen molar-refractivity contribution < 1.29 is 4.74 Å². The minimum absolute atomic E-state index is 0.266. The van der Waals surface area contributed by atoms with Gasteiger partial charge in [0, 0.05) is 12.6 Å². The molecule has 1 unspecified atom stereocenters. The second-order valence-electron chi connectivity index (χ2n) is 6.30. The van der Waals surface area contributed by atoms with Crippen molar-refractivity contribution in [1.29, 1.82) is 0 Å². The zero-order valence-corrected chi connectivity index (χ0v) is 14.5. The average molecular weight is 286 g/mol. The molecule has 2 nitrogen and oxygen atoms in total. The Labute approximate surface area is 128 Å². The third-order valence-electron chi connectivity index (χ3n) is 3.66. The van der Waals surface area contributed by atoms with Gasteiger partial charge in [0.2, 0.25) is 0 Å². The van der Waals surface area contributed by atoms with E-state index in [0.29, 0.717) is 6.04 Å². The number of nitrogens with one attached hydrogen (secondary N) is 1. The van der Waals surface area contributed by atoms with Gasteiger partial charge in [-0.1, -0.05) is 65.2 Å². The summed E-state index contributed by atoms with van der Waals surface area (Å²) in [5.41, 5.74) is 0. The summed E-state index contributed by atoms with van der Waals surface area (Å²) in [5.74, 6) is 0. The van der Waals surface area contributed by atoms with E-state index >= 15 is 0 Å². The molecule has 0 aromatic carbocycles. The molecule has 0 fully saturated rings. The van der Waals surface area contributed by atoms with Crippen LogP contribution >= 0.6 is 0 Å². The number of ether oxygens (including phenoxy) is 1. The van der Waals surface area contributed by atoms with Gasteiger partial charge in [0.25, 0.3) is 0 Å². The van der Waals surface area contributed by atoms with Gasteiger partial charge in [0.1, 0.15) is 6.23 Å². The molecule has 0 aliphatic carbocycles. The van der Waals surface area contributed by atoms with E-state index in [1.54, 1.807) is 0 Å². The Hall–Kier alpha value is -0.0800. The molecule has 0 heterocycles. The molecule has 0 aromatic rings. The van der Waals surface area contributed by atoms with Gasteiger partial charge in [-0.3, -0.25) is 5.32 Å². The Morgan fingerprint density at radius 1 is 0.750 bits per heavy atom. The van der Waals surface area contributed by atoms with Crippen LogP contribution in [0.4, 0.5) is 0 Å². The molecular formula is C18H39NO. The van der Waals surface area contributed by atoms with E-state index in [0.717, 1.165) is 13.0 Å². The largest absolute Gasteiger partial charge is 0.363 e. The highest BCUT2D eigenvalue weighted by Gasteiger charge is 2.09. The molecule has 0 rings (SSSR count). The van der Waals surface area contributed by atoms with Crippen molar-refractivity contribution in [1.82, 2.24) is 5.32 Å². The van der Waals surface area contributed by atoms with E-state index in [1.807, 2.05) is 0 Å². The summed E-state index contributed by atoms with van der Waals surface area (Å²) in [4.78, 5) is 0. The maximum absolute atomic E-state index is 5.99. The second kappa shape index (κ2) is 15.3. The molecule has 1 N–H and O–H groups in total. The zero-order valence-electron chi connectivity index (χ0n) is 14.5. The number of hydrogen-bond acceptors (Lipinski definition) is 2. The van der Waals surface area contributed by atoms with Crippen LogP contribution in [0, 0.1) is 0 Å². The molecule has 0 radical (unpaired) electrons. The first-order valence-corrected chi connectivity index (χ1v) is 9.08. The lowest BCUT2D eigenvalue weighted by Crippen LogP contribution is -2.37. The molecule has 0 bridgehead atoms. The molecule has 0 saturated carbocycles. The maximum Gasteiger partial charge on any atom is 0.108 e. The van der Waals surface area contributed by atoms with Gasteiger partial charge < -0.3 is 4.74 Å². The lowest BCUT2D eigenvalue weighted by molar-refractivity contribution is 0.0149. The molecule has 0 saturated heterocycles. The molecule has 1 atom stereocenters. The molecule has 20 heavy (non-hydrogen) atoms. The summed E-state index contributed by atoms with van der Waals surface area (Å²) in [5, 5.41) is 3.55. The van der Waals surface area contributed by atoms with Crippen LogP contribution in [0.15, 0.2) is 0 Å². The minimum Gasteiger partial charge on any atom is -0.363 e. The van der Waals surface area contributed by atoms with Gasteiger partial charge in [-0.05, 0) is 33.1 Å². The summed E-state index contributed by atoms with van der Waals surface area (Å²) in [6.07, 6.45) is 14.8. The smallest absolute Gasteiger partial charge is 0.108 e. The highest BCUT2D eigenvalue weighted by Crippen LogP contribution is 2.11. The standard InChI is InChI=1S/C18H39NO/c1-5-7-9-10-11-12-13-15-18(19-17(3)4)20-16-14-8-6-2/h17-19H,5-16H2,1-4H3. The van der Waals surface area contributed by atoms with Crippen LogP contribution in [0.1, 0.15) is 98.3 Å². The Bertz CT molecular complexity index is 182. The van der Waals surface area contributed by atoms with Crippen LogP contribution in [0.5, 0.6) is 0 Å². The van der Waals surface area contributed by atoms with Crippen molar-refractivity contribution in [2.75, 3.05) is 6.61 Å². The molecule has 122 valence electrons. The fourth-order valence-electron chi connectivity index (χ4n) is 2.45. The van der Waals surface area contributed by atoms with Crippen molar-refractivity contribution in [3.8, 4) is 0 Å². The SMILES string of the molecule is CCCCCCCCCC(NC(C)C)OCCCCC. The van der Waals surface area contributed by atoms with Crippen LogP contribution in [-0.2, 0) is 4.74 Å². The normalized spacial score (nSPS) is 13.1. The highest BCUT2D eigenvalue weighted by atomic mass is 16.5.